The average molecular weight is 469 g/mol. The summed E-state index contributed by atoms with van der Waals surface area (Å²) in [7, 11) is -7.50. The molecule has 0 aromatic rings. The summed E-state index contributed by atoms with van der Waals surface area (Å²) in [6.45, 7) is 26.1. The van der Waals surface area contributed by atoms with Crippen LogP contribution in [0, 0.1) is 0 Å². The third-order valence-electron chi connectivity index (χ3n) is 3.76. The summed E-state index contributed by atoms with van der Waals surface area (Å²) in [5, 5.41) is 10.8. The van der Waals surface area contributed by atoms with E-state index >= 15 is 0 Å². The molecule has 0 saturated carbocycles. The van der Waals surface area contributed by atoms with Crippen LogP contribution in [0.1, 0.15) is 0 Å². The zero-order chi connectivity index (χ0) is 22.1. The standard InChI is InChI=1S/C18H44O6Si4/c1-25(2,3)20-13-14-15(22-26(4,5)6)16(23-27(7,8)9)17(18(19)21-14)24-28(10,11)12/h14-19H,13H2,1-12H3/t14-,15-,16+,17-,18?/m1/s1. The fraction of sp³-hybridized carbons (Fsp3) is 1.00. The summed E-state index contributed by atoms with van der Waals surface area (Å²) in [5.74, 6) is 0. The molecule has 1 unspecified atom stereocenters. The van der Waals surface area contributed by atoms with Gasteiger partial charge in [0.25, 0.3) is 0 Å². The third-order valence-corrected chi connectivity index (χ3v) is 7.73. The summed E-state index contributed by atoms with van der Waals surface area (Å²) in [6, 6.07) is 0. The second kappa shape index (κ2) is 9.41. The van der Waals surface area contributed by atoms with Gasteiger partial charge in [0.2, 0.25) is 0 Å². The van der Waals surface area contributed by atoms with Crippen LogP contribution in [0.5, 0.6) is 0 Å². The quantitative estimate of drug-likeness (QED) is 0.511. The topological polar surface area (TPSA) is 66.4 Å². The summed E-state index contributed by atoms with van der Waals surface area (Å²) in [5.41, 5.74) is 0. The van der Waals surface area contributed by atoms with E-state index in [1.54, 1.807) is 0 Å². The number of ether oxygens (including phenoxy) is 1. The fourth-order valence-electron chi connectivity index (χ4n) is 2.99. The number of hydrogen-bond donors (Lipinski definition) is 1. The van der Waals surface area contributed by atoms with E-state index in [0.717, 1.165) is 0 Å². The van der Waals surface area contributed by atoms with Gasteiger partial charge in [-0.25, -0.2) is 0 Å². The largest absolute Gasteiger partial charge is 0.415 e. The lowest BCUT2D eigenvalue weighted by Gasteiger charge is -2.49. The van der Waals surface area contributed by atoms with Crippen LogP contribution in [0.3, 0.4) is 0 Å². The van der Waals surface area contributed by atoms with Gasteiger partial charge in [-0.05, 0) is 78.6 Å². The molecule has 0 spiro atoms. The first kappa shape index (κ1) is 26.7. The van der Waals surface area contributed by atoms with E-state index in [-0.39, 0.29) is 18.3 Å². The Labute approximate surface area is 176 Å². The van der Waals surface area contributed by atoms with E-state index in [9.17, 15) is 5.11 Å². The molecule has 0 radical (unpaired) electrons. The first-order valence-electron chi connectivity index (χ1n) is 10.3. The highest BCUT2D eigenvalue weighted by Crippen LogP contribution is 2.33. The molecule has 1 aliphatic rings. The summed E-state index contributed by atoms with van der Waals surface area (Å²) >= 11 is 0. The van der Waals surface area contributed by atoms with Gasteiger partial charge in [-0.3, -0.25) is 0 Å². The molecule has 0 bridgehead atoms. The maximum atomic E-state index is 10.8. The zero-order valence-corrected chi connectivity index (χ0v) is 24.1. The Morgan fingerprint density at radius 1 is 0.607 bits per heavy atom. The van der Waals surface area contributed by atoms with E-state index in [1.165, 1.54) is 0 Å². The van der Waals surface area contributed by atoms with E-state index in [4.69, 9.17) is 22.4 Å². The number of rotatable bonds is 9. The predicted octanol–water partition coefficient (Wildman–Crippen LogP) is 4.22. The van der Waals surface area contributed by atoms with Gasteiger partial charge in [0.15, 0.2) is 39.6 Å². The fourth-order valence-corrected chi connectivity index (χ4v) is 6.91. The van der Waals surface area contributed by atoms with Gasteiger partial charge in [0.05, 0.1) is 6.61 Å². The van der Waals surface area contributed by atoms with Crippen molar-refractivity contribution in [2.45, 2.75) is 109 Å². The minimum Gasteiger partial charge on any atom is -0.415 e. The number of hydrogen-bond acceptors (Lipinski definition) is 6. The minimum atomic E-state index is -1.94. The van der Waals surface area contributed by atoms with Crippen LogP contribution < -0.4 is 0 Å². The average Bonchev–Trinajstić information content (AvgIpc) is 2.39. The highest BCUT2D eigenvalue weighted by molar-refractivity contribution is 6.71. The summed E-state index contributed by atoms with van der Waals surface area (Å²) in [6.07, 6.45) is -2.67. The Morgan fingerprint density at radius 3 is 1.39 bits per heavy atom. The van der Waals surface area contributed by atoms with Crippen LogP contribution in [0.4, 0.5) is 0 Å². The molecular weight excluding hydrogens is 425 g/mol. The van der Waals surface area contributed by atoms with Crippen LogP contribution in [0.15, 0.2) is 0 Å². The van der Waals surface area contributed by atoms with Gasteiger partial charge in [-0.1, -0.05) is 0 Å². The van der Waals surface area contributed by atoms with Crippen molar-refractivity contribution in [3.8, 4) is 0 Å². The van der Waals surface area contributed by atoms with Gasteiger partial charge in [-0.15, -0.1) is 0 Å². The van der Waals surface area contributed by atoms with Crippen LogP contribution >= 0.6 is 0 Å². The van der Waals surface area contributed by atoms with Gasteiger partial charge in [0.1, 0.15) is 24.4 Å². The molecule has 6 nitrogen and oxygen atoms in total. The Balaban J connectivity index is 3.26. The maximum absolute atomic E-state index is 10.8. The van der Waals surface area contributed by atoms with Gasteiger partial charge in [-0.2, -0.15) is 0 Å². The molecule has 28 heavy (non-hydrogen) atoms. The lowest BCUT2D eigenvalue weighted by molar-refractivity contribution is -0.274. The molecule has 1 heterocycles. The molecule has 168 valence electrons. The molecule has 1 N–H and O–H groups in total. The molecule has 5 atom stereocenters. The van der Waals surface area contributed by atoms with Crippen molar-refractivity contribution in [2.24, 2.45) is 0 Å². The molecular formula is C18H44O6Si4. The van der Waals surface area contributed by atoms with E-state index in [0.29, 0.717) is 6.61 Å². The van der Waals surface area contributed by atoms with Crippen molar-refractivity contribution in [1.29, 1.82) is 0 Å². The first-order valence-corrected chi connectivity index (χ1v) is 23.9. The highest BCUT2D eigenvalue weighted by Gasteiger charge is 2.51. The van der Waals surface area contributed by atoms with Crippen molar-refractivity contribution < 1.29 is 27.5 Å². The lowest BCUT2D eigenvalue weighted by Crippen LogP contribution is -2.66. The van der Waals surface area contributed by atoms with Crippen molar-refractivity contribution in [3.05, 3.63) is 0 Å². The SMILES string of the molecule is C[Si](C)(C)OC[C@H]1OC(O)[C@H](O[Si](C)(C)C)[C@@H](O[Si](C)(C)C)[C@@H]1O[Si](C)(C)C. The molecule has 0 amide bonds. The molecule has 1 fully saturated rings. The van der Waals surface area contributed by atoms with Crippen molar-refractivity contribution in [3.63, 3.8) is 0 Å². The molecule has 0 aliphatic carbocycles. The Kier molecular flexibility index (Phi) is 8.96. The normalized spacial score (nSPS) is 30.5. The molecule has 0 aromatic carbocycles. The van der Waals surface area contributed by atoms with Crippen LogP contribution in [-0.4, -0.2) is 75.7 Å². The Morgan fingerprint density at radius 2 is 1.00 bits per heavy atom. The second-order valence-electron chi connectivity index (χ2n) is 11.6. The third kappa shape index (κ3) is 10.1. The van der Waals surface area contributed by atoms with Crippen molar-refractivity contribution in [1.82, 2.24) is 0 Å². The molecule has 1 rings (SSSR count). The summed E-state index contributed by atoms with van der Waals surface area (Å²) in [4.78, 5) is 0. The van der Waals surface area contributed by atoms with Crippen LogP contribution in [0.25, 0.3) is 0 Å². The molecule has 10 heteroatoms. The van der Waals surface area contributed by atoms with E-state index < -0.39 is 45.7 Å². The monoisotopic (exact) mass is 468 g/mol. The lowest BCUT2D eigenvalue weighted by atomic mass is 9.99. The van der Waals surface area contributed by atoms with Gasteiger partial charge in [0, 0.05) is 0 Å². The molecule has 1 aliphatic heterocycles. The zero-order valence-electron chi connectivity index (χ0n) is 20.1. The van der Waals surface area contributed by atoms with Crippen LogP contribution in [-0.2, 0) is 22.4 Å². The maximum Gasteiger partial charge on any atom is 0.184 e. The summed E-state index contributed by atoms with van der Waals surface area (Å²) < 4.78 is 31.7. The number of aliphatic hydroxyl groups is 1. The Hall–Kier alpha value is 0.628. The van der Waals surface area contributed by atoms with Crippen molar-refractivity contribution >= 4 is 33.3 Å². The number of aliphatic hydroxyl groups excluding tert-OH is 1. The predicted molar refractivity (Wildman–Crippen MR) is 125 cm³/mol. The van der Waals surface area contributed by atoms with Gasteiger partial charge >= 0.3 is 0 Å². The highest BCUT2D eigenvalue weighted by atomic mass is 28.4. The minimum absolute atomic E-state index is 0.320. The van der Waals surface area contributed by atoms with E-state index in [2.05, 4.69) is 78.6 Å². The smallest absolute Gasteiger partial charge is 0.184 e. The van der Waals surface area contributed by atoms with Gasteiger partial charge < -0.3 is 27.5 Å². The Bertz CT molecular complexity index is 492. The first-order chi connectivity index (χ1) is 12.3. The molecule has 0 aromatic heterocycles. The van der Waals surface area contributed by atoms with Crippen molar-refractivity contribution in [2.75, 3.05) is 6.61 Å². The van der Waals surface area contributed by atoms with Crippen LogP contribution in [0.2, 0.25) is 78.6 Å². The molecule has 1 saturated heterocycles. The van der Waals surface area contributed by atoms with E-state index in [1.807, 2.05) is 0 Å². The second-order valence-corrected chi connectivity index (χ2v) is 29.5.